The Kier molecular flexibility index (Phi) is 4.62. The molecule has 1 aromatic heterocycles. The number of methoxy groups -OCH3 is 2. The van der Waals surface area contributed by atoms with Gasteiger partial charge in [0.1, 0.15) is 11.8 Å². The molecule has 0 N–H and O–H groups in total. The minimum Gasteiger partial charge on any atom is -0.497 e. The normalized spacial score (nSPS) is 28.2. The van der Waals surface area contributed by atoms with Crippen molar-refractivity contribution in [3.05, 3.63) is 24.0 Å². The molecule has 1 aromatic rings. The summed E-state index contributed by atoms with van der Waals surface area (Å²) >= 11 is 0. The van der Waals surface area contributed by atoms with Crippen molar-refractivity contribution < 1.29 is 14.3 Å². The number of likely N-dealkylation sites (tertiary alicyclic amines) is 1. The number of ether oxygens (including phenoxy) is 2. The summed E-state index contributed by atoms with van der Waals surface area (Å²) in [4.78, 5) is 18.9. The van der Waals surface area contributed by atoms with Crippen LogP contribution in [-0.4, -0.2) is 42.2 Å². The third-order valence-electron chi connectivity index (χ3n) is 5.06. The molecule has 0 amide bonds. The topological polar surface area (TPSA) is 51.7 Å². The molecule has 3 rings (SSSR count). The zero-order valence-electron chi connectivity index (χ0n) is 13.3. The standard InChI is InChI=1S/C17H24N2O3/c1-21-14-7-8-18-13(10-14)11-19-15-6-4-3-5-12(15)9-16(19)17(20)22-2/h7-8,10,12,15-16H,3-6,9,11H2,1-2H3/t12-,15-,16-/m0/s1. The molecule has 0 bridgehead atoms. The van der Waals surface area contributed by atoms with Gasteiger partial charge >= 0.3 is 5.97 Å². The summed E-state index contributed by atoms with van der Waals surface area (Å²) < 4.78 is 10.3. The van der Waals surface area contributed by atoms with Crippen molar-refractivity contribution in [2.45, 2.75) is 50.7 Å². The third-order valence-corrected chi connectivity index (χ3v) is 5.06. The number of esters is 1. The summed E-state index contributed by atoms with van der Waals surface area (Å²) in [5, 5.41) is 0. The highest BCUT2D eigenvalue weighted by Gasteiger charge is 2.45. The number of hydrogen-bond acceptors (Lipinski definition) is 5. The van der Waals surface area contributed by atoms with Crippen molar-refractivity contribution in [3.8, 4) is 5.75 Å². The lowest BCUT2D eigenvalue weighted by Gasteiger charge is -2.33. The first-order chi connectivity index (χ1) is 10.7. The Balaban J connectivity index is 1.81. The van der Waals surface area contributed by atoms with Gasteiger partial charge in [0.15, 0.2) is 0 Å². The molecule has 120 valence electrons. The van der Waals surface area contributed by atoms with E-state index < -0.39 is 0 Å². The number of carbonyl (C=O) groups is 1. The molecular weight excluding hydrogens is 280 g/mol. The molecule has 2 fully saturated rings. The van der Waals surface area contributed by atoms with Gasteiger partial charge in [-0.15, -0.1) is 0 Å². The number of aromatic nitrogens is 1. The van der Waals surface area contributed by atoms with E-state index in [9.17, 15) is 4.79 Å². The monoisotopic (exact) mass is 304 g/mol. The quantitative estimate of drug-likeness (QED) is 0.800. The summed E-state index contributed by atoms with van der Waals surface area (Å²) in [6.45, 7) is 0.679. The third kappa shape index (κ3) is 2.95. The smallest absolute Gasteiger partial charge is 0.323 e. The Labute approximate surface area is 131 Å². The van der Waals surface area contributed by atoms with Crippen molar-refractivity contribution in [1.29, 1.82) is 0 Å². The van der Waals surface area contributed by atoms with Crippen LogP contribution in [0.15, 0.2) is 18.3 Å². The molecule has 2 heterocycles. The average molecular weight is 304 g/mol. The fraction of sp³-hybridized carbons (Fsp3) is 0.647. The SMILES string of the molecule is COC(=O)[C@@H]1C[C@@H]2CCCC[C@@H]2N1Cc1cc(OC)ccn1. The molecular formula is C17H24N2O3. The molecule has 3 atom stereocenters. The molecule has 0 spiro atoms. The second-order valence-electron chi connectivity index (χ2n) is 6.25. The fourth-order valence-electron chi connectivity index (χ4n) is 4.00. The maximum Gasteiger partial charge on any atom is 0.323 e. The molecule has 1 aliphatic carbocycles. The van der Waals surface area contributed by atoms with Gasteiger partial charge in [-0.3, -0.25) is 14.7 Å². The molecule has 0 aromatic carbocycles. The Bertz CT molecular complexity index is 534. The van der Waals surface area contributed by atoms with Gasteiger partial charge in [0.05, 0.1) is 19.9 Å². The van der Waals surface area contributed by atoms with Gasteiger partial charge in [0.2, 0.25) is 0 Å². The number of carbonyl (C=O) groups excluding carboxylic acids is 1. The van der Waals surface area contributed by atoms with E-state index in [2.05, 4.69) is 9.88 Å². The highest BCUT2D eigenvalue weighted by atomic mass is 16.5. The number of hydrogen-bond donors (Lipinski definition) is 0. The second kappa shape index (κ2) is 6.65. The predicted octanol–water partition coefficient (Wildman–Crippen LogP) is 2.40. The largest absolute Gasteiger partial charge is 0.497 e. The van der Waals surface area contributed by atoms with E-state index in [1.807, 2.05) is 12.1 Å². The van der Waals surface area contributed by atoms with Crippen molar-refractivity contribution in [2.24, 2.45) is 5.92 Å². The highest BCUT2D eigenvalue weighted by Crippen LogP contribution is 2.40. The molecule has 5 heteroatoms. The maximum atomic E-state index is 12.2. The molecule has 0 unspecified atom stereocenters. The van der Waals surface area contributed by atoms with E-state index in [1.165, 1.54) is 32.8 Å². The zero-order valence-corrected chi connectivity index (χ0v) is 13.3. The van der Waals surface area contributed by atoms with Gasteiger partial charge in [-0.05, 0) is 31.2 Å². The summed E-state index contributed by atoms with van der Waals surface area (Å²) in [5.74, 6) is 1.31. The molecule has 0 radical (unpaired) electrons. The van der Waals surface area contributed by atoms with Gasteiger partial charge < -0.3 is 9.47 Å². The van der Waals surface area contributed by atoms with Crippen LogP contribution in [0.5, 0.6) is 5.75 Å². The maximum absolute atomic E-state index is 12.2. The van der Waals surface area contributed by atoms with Gasteiger partial charge in [-0.25, -0.2) is 0 Å². The van der Waals surface area contributed by atoms with Gasteiger partial charge in [-0.1, -0.05) is 12.8 Å². The van der Waals surface area contributed by atoms with E-state index >= 15 is 0 Å². The van der Waals surface area contributed by atoms with E-state index in [4.69, 9.17) is 9.47 Å². The van der Waals surface area contributed by atoms with E-state index in [1.54, 1.807) is 13.3 Å². The van der Waals surface area contributed by atoms with Crippen LogP contribution in [0.2, 0.25) is 0 Å². The summed E-state index contributed by atoms with van der Waals surface area (Å²) in [7, 11) is 3.13. The lowest BCUT2D eigenvalue weighted by atomic mass is 9.85. The number of nitrogens with zero attached hydrogens (tertiary/aromatic N) is 2. The first-order valence-electron chi connectivity index (χ1n) is 8.05. The van der Waals surface area contributed by atoms with Crippen LogP contribution >= 0.6 is 0 Å². The minimum absolute atomic E-state index is 0.114. The Hall–Kier alpha value is -1.62. The van der Waals surface area contributed by atoms with Crippen LogP contribution in [0, 0.1) is 5.92 Å². The lowest BCUT2D eigenvalue weighted by molar-refractivity contribution is -0.146. The summed E-state index contributed by atoms with van der Waals surface area (Å²) in [5.41, 5.74) is 0.944. The van der Waals surface area contributed by atoms with Crippen LogP contribution in [0.3, 0.4) is 0 Å². The predicted molar refractivity (Wildman–Crippen MR) is 82.5 cm³/mol. The highest BCUT2D eigenvalue weighted by molar-refractivity contribution is 5.76. The molecule has 5 nitrogen and oxygen atoms in total. The zero-order chi connectivity index (χ0) is 15.5. The van der Waals surface area contributed by atoms with Crippen LogP contribution in [0.25, 0.3) is 0 Å². The van der Waals surface area contributed by atoms with E-state index in [-0.39, 0.29) is 12.0 Å². The van der Waals surface area contributed by atoms with Crippen molar-refractivity contribution >= 4 is 5.97 Å². The van der Waals surface area contributed by atoms with Gasteiger partial charge in [0.25, 0.3) is 0 Å². The number of fused-ring (bicyclic) bond motifs is 1. The Morgan fingerprint density at radius 2 is 2.18 bits per heavy atom. The molecule has 1 saturated carbocycles. The number of pyridine rings is 1. The van der Waals surface area contributed by atoms with E-state index in [0.717, 1.165) is 17.9 Å². The minimum atomic E-state index is -0.133. The molecule has 1 saturated heterocycles. The first-order valence-corrected chi connectivity index (χ1v) is 8.05. The molecule has 22 heavy (non-hydrogen) atoms. The van der Waals surface area contributed by atoms with Crippen molar-refractivity contribution in [2.75, 3.05) is 14.2 Å². The van der Waals surface area contributed by atoms with Crippen LogP contribution in [0.1, 0.15) is 37.8 Å². The van der Waals surface area contributed by atoms with Crippen LogP contribution in [0.4, 0.5) is 0 Å². The first kappa shape index (κ1) is 15.3. The number of rotatable bonds is 4. The lowest BCUT2D eigenvalue weighted by Crippen LogP contribution is -2.42. The average Bonchev–Trinajstić information content (AvgIpc) is 2.93. The van der Waals surface area contributed by atoms with Crippen molar-refractivity contribution in [1.82, 2.24) is 9.88 Å². The van der Waals surface area contributed by atoms with Crippen LogP contribution in [-0.2, 0) is 16.1 Å². The summed E-state index contributed by atoms with van der Waals surface area (Å²) in [6, 6.07) is 4.14. The van der Waals surface area contributed by atoms with Gasteiger partial charge in [0, 0.05) is 24.8 Å². The van der Waals surface area contributed by atoms with Crippen molar-refractivity contribution in [3.63, 3.8) is 0 Å². The molecule has 2 aliphatic rings. The summed E-state index contributed by atoms with van der Waals surface area (Å²) in [6.07, 6.45) is 7.59. The fourth-order valence-corrected chi connectivity index (χ4v) is 4.00. The van der Waals surface area contributed by atoms with E-state index in [0.29, 0.717) is 18.5 Å². The van der Waals surface area contributed by atoms with Gasteiger partial charge in [-0.2, -0.15) is 0 Å². The second-order valence-corrected chi connectivity index (χ2v) is 6.25. The Morgan fingerprint density at radius 1 is 1.36 bits per heavy atom. The Morgan fingerprint density at radius 3 is 2.95 bits per heavy atom. The molecule has 1 aliphatic heterocycles. The van der Waals surface area contributed by atoms with Crippen LogP contribution < -0.4 is 4.74 Å².